The third kappa shape index (κ3) is 3.98. The number of amides is 1. The number of halogens is 1. The predicted octanol–water partition coefficient (Wildman–Crippen LogP) is 2.42. The van der Waals surface area contributed by atoms with E-state index in [0.29, 0.717) is 11.7 Å². The first kappa shape index (κ1) is 17.7. The molecule has 2 N–H and O–H groups in total. The van der Waals surface area contributed by atoms with Gasteiger partial charge in [-0.3, -0.25) is 9.69 Å². The standard InChI is InChI=1S/C15H24N4OS.ClH/c1-12-10-21-14(17-12)18-13(20)9-19-8-7-16-11-15(19)5-3-2-4-6-15;/h10,16H,2-9,11H2,1H3,(H,17,18,20);1H. The first-order valence-corrected chi connectivity index (χ1v) is 8.74. The van der Waals surface area contributed by atoms with Crippen LogP contribution < -0.4 is 10.6 Å². The summed E-state index contributed by atoms with van der Waals surface area (Å²) < 4.78 is 0. The van der Waals surface area contributed by atoms with E-state index >= 15 is 0 Å². The molecule has 0 aromatic carbocycles. The van der Waals surface area contributed by atoms with Gasteiger partial charge in [-0.1, -0.05) is 19.3 Å². The average molecular weight is 345 g/mol. The lowest BCUT2D eigenvalue weighted by atomic mass is 9.79. The van der Waals surface area contributed by atoms with Gasteiger partial charge in [-0.25, -0.2) is 4.98 Å². The van der Waals surface area contributed by atoms with E-state index in [1.807, 2.05) is 12.3 Å². The van der Waals surface area contributed by atoms with E-state index < -0.39 is 0 Å². The van der Waals surface area contributed by atoms with Gasteiger partial charge in [0.2, 0.25) is 5.91 Å². The third-order valence-electron chi connectivity index (χ3n) is 4.67. The van der Waals surface area contributed by atoms with Crippen LogP contribution in [0.15, 0.2) is 5.38 Å². The molecule has 1 amide bonds. The largest absolute Gasteiger partial charge is 0.314 e. The molecule has 1 aromatic heterocycles. The summed E-state index contributed by atoms with van der Waals surface area (Å²) in [4.78, 5) is 19.0. The van der Waals surface area contributed by atoms with Crippen molar-refractivity contribution in [3.63, 3.8) is 0 Å². The van der Waals surface area contributed by atoms with Crippen molar-refractivity contribution in [2.24, 2.45) is 0 Å². The quantitative estimate of drug-likeness (QED) is 0.884. The molecule has 124 valence electrons. The zero-order chi connectivity index (χ0) is 14.7. The normalized spacial score (nSPS) is 21.3. The van der Waals surface area contributed by atoms with E-state index in [1.54, 1.807) is 0 Å². The van der Waals surface area contributed by atoms with Crippen molar-refractivity contribution >= 4 is 34.8 Å². The number of nitrogens with one attached hydrogen (secondary N) is 2. The summed E-state index contributed by atoms with van der Waals surface area (Å²) in [6.07, 6.45) is 6.32. The molecule has 0 radical (unpaired) electrons. The van der Waals surface area contributed by atoms with Gasteiger partial charge in [-0.2, -0.15) is 0 Å². The maximum atomic E-state index is 12.3. The highest BCUT2D eigenvalue weighted by Crippen LogP contribution is 2.34. The number of hydrogen-bond acceptors (Lipinski definition) is 5. The molecule has 1 aliphatic heterocycles. The van der Waals surface area contributed by atoms with Crippen LogP contribution in [0.3, 0.4) is 0 Å². The molecule has 5 nitrogen and oxygen atoms in total. The Morgan fingerprint density at radius 1 is 1.45 bits per heavy atom. The van der Waals surface area contributed by atoms with E-state index in [-0.39, 0.29) is 23.9 Å². The molecule has 22 heavy (non-hydrogen) atoms. The molecular weight excluding hydrogens is 320 g/mol. The first-order chi connectivity index (χ1) is 10.2. The molecule has 0 unspecified atom stereocenters. The molecule has 3 rings (SSSR count). The smallest absolute Gasteiger partial charge is 0.240 e. The summed E-state index contributed by atoms with van der Waals surface area (Å²) in [6, 6.07) is 0. The predicted molar refractivity (Wildman–Crippen MR) is 93.0 cm³/mol. The van der Waals surface area contributed by atoms with Gasteiger partial charge in [0.1, 0.15) is 0 Å². The Morgan fingerprint density at radius 2 is 2.23 bits per heavy atom. The molecule has 2 fully saturated rings. The minimum atomic E-state index is 0. The summed E-state index contributed by atoms with van der Waals surface area (Å²) in [5, 5.41) is 9.13. The minimum Gasteiger partial charge on any atom is -0.314 e. The van der Waals surface area contributed by atoms with Gasteiger partial charge in [-0.05, 0) is 19.8 Å². The summed E-state index contributed by atoms with van der Waals surface area (Å²) in [6.45, 7) is 5.39. The Balaban J connectivity index is 0.00000176. The molecule has 1 saturated heterocycles. The number of rotatable bonds is 3. The number of nitrogens with zero attached hydrogens (tertiary/aromatic N) is 2. The van der Waals surface area contributed by atoms with E-state index in [4.69, 9.17) is 0 Å². The highest BCUT2D eigenvalue weighted by atomic mass is 35.5. The fourth-order valence-corrected chi connectivity index (χ4v) is 4.28. The lowest BCUT2D eigenvalue weighted by Gasteiger charge is -2.49. The monoisotopic (exact) mass is 344 g/mol. The minimum absolute atomic E-state index is 0. The molecule has 0 atom stereocenters. The van der Waals surface area contributed by atoms with E-state index in [1.165, 1.54) is 43.4 Å². The zero-order valence-corrected chi connectivity index (χ0v) is 14.7. The van der Waals surface area contributed by atoms with Crippen LogP contribution in [0.2, 0.25) is 0 Å². The Bertz CT molecular complexity index is 493. The van der Waals surface area contributed by atoms with Crippen molar-refractivity contribution in [1.82, 2.24) is 15.2 Å². The fraction of sp³-hybridized carbons (Fsp3) is 0.733. The number of anilines is 1. The first-order valence-electron chi connectivity index (χ1n) is 7.86. The number of aryl methyl sites for hydroxylation is 1. The summed E-state index contributed by atoms with van der Waals surface area (Å²) in [5.41, 5.74) is 1.16. The second-order valence-corrected chi connectivity index (χ2v) is 7.08. The zero-order valence-electron chi connectivity index (χ0n) is 13.1. The Hall–Kier alpha value is -0.690. The van der Waals surface area contributed by atoms with Crippen LogP contribution in [0.4, 0.5) is 5.13 Å². The van der Waals surface area contributed by atoms with Crippen molar-refractivity contribution in [3.05, 3.63) is 11.1 Å². The third-order valence-corrected chi connectivity index (χ3v) is 5.54. The second-order valence-electron chi connectivity index (χ2n) is 6.23. The fourth-order valence-electron chi connectivity index (χ4n) is 3.58. The highest BCUT2D eigenvalue weighted by molar-refractivity contribution is 7.13. The SMILES string of the molecule is Cc1csc(NC(=O)CN2CCNCC23CCCCC3)n1.Cl. The van der Waals surface area contributed by atoms with E-state index in [2.05, 4.69) is 20.5 Å². The molecule has 1 spiro atoms. The van der Waals surface area contributed by atoms with Crippen LogP contribution in [-0.4, -0.2) is 47.5 Å². The van der Waals surface area contributed by atoms with Crippen LogP contribution in [0, 0.1) is 6.92 Å². The lowest BCUT2D eigenvalue weighted by molar-refractivity contribution is -0.120. The van der Waals surface area contributed by atoms with Crippen LogP contribution >= 0.6 is 23.7 Å². The van der Waals surface area contributed by atoms with Gasteiger partial charge in [0.05, 0.1) is 12.2 Å². The maximum Gasteiger partial charge on any atom is 0.240 e. The van der Waals surface area contributed by atoms with Gasteiger partial charge < -0.3 is 10.6 Å². The lowest BCUT2D eigenvalue weighted by Crippen LogP contribution is -2.63. The van der Waals surface area contributed by atoms with Crippen LogP contribution in [0.25, 0.3) is 0 Å². The molecule has 2 heterocycles. The second kappa shape index (κ2) is 7.73. The highest BCUT2D eigenvalue weighted by Gasteiger charge is 2.40. The Morgan fingerprint density at radius 3 is 2.91 bits per heavy atom. The van der Waals surface area contributed by atoms with Crippen LogP contribution in [-0.2, 0) is 4.79 Å². The maximum absolute atomic E-state index is 12.3. The van der Waals surface area contributed by atoms with Crippen molar-refractivity contribution in [1.29, 1.82) is 0 Å². The van der Waals surface area contributed by atoms with Crippen molar-refractivity contribution < 1.29 is 4.79 Å². The van der Waals surface area contributed by atoms with Gasteiger partial charge in [0.25, 0.3) is 0 Å². The van der Waals surface area contributed by atoms with E-state index in [9.17, 15) is 4.79 Å². The number of piperazine rings is 1. The molecule has 7 heteroatoms. The Kier molecular flexibility index (Phi) is 6.20. The molecule has 1 saturated carbocycles. The summed E-state index contributed by atoms with van der Waals surface area (Å²) in [7, 11) is 0. The van der Waals surface area contributed by atoms with Crippen LogP contribution in [0.1, 0.15) is 37.8 Å². The summed E-state index contributed by atoms with van der Waals surface area (Å²) >= 11 is 1.49. The number of aromatic nitrogens is 1. The van der Waals surface area contributed by atoms with Gasteiger partial charge in [-0.15, -0.1) is 23.7 Å². The molecule has 1 aliphatic carbocycles. The average Bonchev–Trinajstić information content (AvgIpc) is 2.88. The molecule has 2 aliphatic rings. The van der Waals surface area contributed by atoms with Gasteiger partial charge in [0, 0.05) is 30.6 Å². The van der Waals surface area contributed by atoms with Crippen molar-refractivity contribution in [3.8, 4) is 0 Å². The molecular formula is C15H25ClN4OS. The molecule has 0 bridgehead atoms. The number of carbonyl (C=O) groups excluding carboxylic acids is 1. The molecule has 1 aromatic rings. The number of thiazole rings is 1. The van der Waals surface area contributed by atoms with Crippen molar-refractivity contribution in [2.45, 2.75) is 44.6 Å². The van der Waals surface area contributed by atoms with Gasteiger partial charge >= 0.3 is 0 Å². The van der Waals surface area contributed by atoms with Crippen LogP contribution in [0.5, 0.6) is 0 Å². The number of carbonyl (C=O) groups is 1. The van der Waals surface area contributed by atoms with Crippen molar-refractivity contribution in [2.75, 3.05) is 31.5 Å². The summed E-state index contributed by atoms with van der Waals surface area (Å²) in [5.74, 6) is 0.0659. The van der Waals surface area contributed by atoms with Gasteiger partial charge in [0.15, 0.2) is 5.13 Å². The van der Waals surface area contributed by atoms with E-state index in [0.717, 1.165) is 25.3 Å². The number of hydrogen-bond donors (Lipinski definition) is 2. The topological polar surface area (TPSA) is 57.3 Å². The Labute approximate surface area is 142 Å².